The first-order chi connectivity index (χ1) is 12.0. The van der Waals surface area contributed by atoms with Crippen LogP contribution in [0.5, 0.6) is 0 Å². The van der Waals surface area contributed by atoms with Crippen molar-refractivity contribution in [1.82, 2.24) is 19.9 Å². The number of amides is 2. The summed E-state index contributed by atoms with van der Waals surface area (Å²) in [6.07, 6.45) is 6.40. The Morgan fingerprint density at radius 3 is 2.96 bits per heavy atom. The minimum atomic E-state index is -0.337. The number of carbonyl (C=O) groups excluding carboxylic acids is 1. The maximum absolute atomic E-state index is 12.2. The smallest absolute Gasteiger partial charge is 0.320 e. The Kier molecular flexibility index (Phi) is 5.18. The number of pyridine rings is 1. The van der Waals surface area contributed by atoms with Crippen molar-refractivity contribution >= 4 is 29.3 Å². The Hall–Kier alpha value is -2.61. The van der Waals surface area contributed by atoms with Crippen LogP contribution < -0.4 is 21.1 Å². The lowest BCUT2D eigenvalue weighted by molar-refractivity contribution is 0.246. The van der Waals surface area contributed by atoms with E-state index in [1.54, 1.807) is 31.6 Å². The van der Waals surface area contributed by atoms with Gasteiger partial charge in [-0.15, -0.1) is 0 Å². The molecule has 1 unspecified atom stereocenters. The van der Waals surface area contributed by atoms with Crippen molar-refractivity contribution in [1.29, 1.82) is 0 Å². The third-order valence-electron chi connectivity index (χ3n) is 4.02. The molecule has 1 fully saturated rings. The standard InChI is InChI=1S/C16H19ClN6O2/c1-22-8-6-18-14(15(22)24)23-7-2-3-12(10-23)20-16(25)21-13-5-4-11(17)9-19-13/h4-6,8-9,12H,2-3,7,10H2,1H3,(H2,19,20,21,25). The minimum Gasteiger partial charge on any atom is -0.350 e. The van der Waals surface area contributed by atoms with Crippen molar-refractivity contribution in [3.8, 4) is 0 Å². The fourth-order valence-corrected chi connectivity index (χ4v) is 2.89. The van der Waals surface area contributed by atoms with E-state index in [2.05, 4.69) is 20.6 Å². The van der Waals surface area contributed by atoms with Crippen LogP contribution in [-0.2, 0) is 7.05 Å². The summed E-state index contributed by atoms with van der Waals surface area (Å²) in [5.41, 5.74) is -0.141. The quantitative estimate of drug-likeness (QED) is 0.865. The van der Waals surface area contributed by atoms with Crippen LogP contribution in [0.2, 0.25) is 5.02 Å². The van der Waals surface area contributed by atoms with Crippen LogP contribution in [0.1, 0.15) is 12.8 Å². The molecule has 2 aromatic heterocycles. The molecular formula is C16H19ClN6O2. The Morgan fingerprint density at radius 1 is 1.36 bits per heavy atom. The van der Waals surface area contributed by atoms with E-state index in [0.29, 0.717) is 23.2 Å². The lowest BCUT2D eigenvalue weighted by atomic mass is 10.1. The van der Waals surface area contributed by atoms with E-state index < -0.39 is 0 Å². The van der Waals surface area contributed by atoms with Crippen LogP contribution in [0.25, 0.3) is 0 Å². The number of anilines is 2. The summed E-state index contributed by atoms with van der Waals surface area (Å²) >= 11 is 5.77. The lowest BCUT2D eigenvalue weighted by Crippen LogP contribution is -2.50. The molecule has 9 heteroatoms. The van der Waals surface area contributed by atoms with Crippen molar-refractivity contribution in [2.24, 2.45) is 7.05 Å². The Bertz CT molecular complexity index is 807. The molecule has 25 heavy (non-hydrogen) atoms. The number of rotatable bonds is 3. The molecule has 8 nitrogen and oxygen atoms in total. The van der Waals surface area contributed by atoms with Crippen molar-refractivity contribution in [2.45, 2.75) is 18.9 Å². The molecule has 0 bridgehead atoms. The third kappa shape index (κ3) is 4.27. The molecule has 0 radical (unpaired) electrons. The number of hydrogen-bond acceptors (Lipinski definition) is 5. The molecule has 3 heterocycles. The highest BCUT2D eigenvalue weighted by Crippen LogP contribution is 2.15. The number of nitrogens with zero attached hydrogens (tertiary/aromatic N) is 4. The van der Waals surface area contributed by atoms with Gasteiger partial charge in [-0.1, -0.05) is 11.6 Å². The molecule has 2 aromatic rings. The highest BCUT2D eigenvalue weighted by atomic mass is 35.5. The molecule has 2 N–H and O–H groups in total. The number of aryl methyl sites for hydroxylation is 1. The van der Waals surface area contributed by atoms with Gasteiger partial charge in [0, 0.05) is 44.8 Å². The van der Waals surface area contributed by atoms with E-state index in [4.69, 9.17) is 11.6 Å². The van der Waals surface area contributed by atoms with Crippen LogP contribution in [0, 0.1) is 0 Å². The molecule has 1 saturated heterocycles. The van der Waals surface area contributed by atoms with Crippen molar-refractivity contribution in [3.05, 3.63) is 46.1 Å². The van der Waals surface area contributed by atoms with Crippen molar-refractivity contribution in [2.75, 3.05) is 23.3 Å². The Labute approximate surface area is 149 Å². The number of nitrogens with one attached hydrogen (secondary N) is 2. The zero-order valence-corrected chi connectivity index (χ0v) is 14.5. The molecule has 0 spiro atoms. The van der Waals surface area contributed by atoms with Crippen LogP contribution in [-0.4, -0.2) is 39.7 Å². The monoisotopic (exact) mass is 362 g/mol. The highest BCUT2D eigenvalue weighted by molar-refractivity contribution is 6.30. The number of piperidine rings is 1. The van der Waals surface area contributed by atoms with Gasteiger partial charge in [0.15, 0.2) is 5.82 Å². The zero-order valence-electron chi connectivity index (χ0n) is 13.8. The lowest BCUT2D eigenvalue weighted by Gasteiger charge is -2.33. The van der Waals surface area contributed by atoms with Gasteiger partial charge in [-0.2, -0.15) is 0 Å². The van der Waals surface area contributed by atoms with E-state index >= 15 is 0 Å². The number of aromatic nitrogens is 3. The first kappa shape index (κ1) is 17.2. The summed E-state index contributed by atoms with van der Waals surface area (Å²) in [5.74, 6) is 0.837. The molecule has 3 rings (SSSR count). The average molecular weight is 363 g/mol. The van der Waals surface area contributed by atoms with Gasteiger partial charge in [0.05, 0.1) is 5.02 Å². The Morgan fingerprint density at radius 2 is 2.20 bits per heavy atom. The van der Waals surface area contributed by atoms with Gasteiger partial charge in [-0.3, -0.25) is 10.1 Å². The topological polar surface area (TPSA) is 92.2 Å². The first-order valence-corrected chi connectivity index (χ1v) is 8.36. The number of hydrogen-bond donors (Lipinski definition) is 2. The van der Waals surface area contributed by atoms with Gasteiger partial charge in [0.1, 0.15) is 5.82 Å². The molecule has 0 saturated carbocycles. The summed E-state index contributed by atoms with van der Waals surface area (Å²) < 4.78 is 1.50. The average Bonchev–Trinajstić information content (AvgIpc) is 2.59. The van der Waals surface area contributed by atoms with E-state index in [9.17, 15) is 9.59 Å². The molecule has 0 aromatic carbocycles. The molecule has 1 aliphatic rings. The maximum Gasteiger partial charge on any atom is 0.320 e. The van der Waals surface area contributed by atoms with E-state index in [-0.39, 0.29) is 17.6 Å². The zero-order chi connectivity index (χ0) is 17.8. The number of carbonyl (C=O) groups is 1. The van der Waals surface area contributed by atoms with Gasteiger partial charge in [0.25, 0.3) is 5.56 Å². The molecule has 1 atom stereocenters. The fourth-order valence-electron chi connectivity index (χ4n) is 2.78. The van der Waals surface area contributed by atoms with Gasteiger partial charge < -0.3 is 14.8 Å². The first-order valence-electron chi connectivity index (χ1n) is 7.98. The normalized spacial score (nSPS) is 17.2. The van der Waals surface area contributed by atoms with Gasteiger partial charge in [0.2, 0.25) is 0 Å². The SMILES string of the molecule is Cn1ccnc(N2CCCC(NC(=O)Nc3ccc(Cl)cn3)C2)c1=O. The summed E-state index contributed by atoms with van der Waals surface area (Å²) in [4.78, 5) is 34.5. The molecular weight excluding hydrogens is 344 g/mol. The summed E-state index contributed by atoms with van der Waals surface area (Å²) in [7, 11) is 1.69. The van der Waals surface area contributed by atoms with E-state index in [1.165, 1.54) is 10.8 Å². The largest absolute Gasteiger partial charge is 0.350 e. The maximum atomic E-state index is 12.2. The third-order valence-corrected chi connectivity index (χ3v) is 4.25. The second-order valence-electron chi connectivity index (χ2n) is 5.91. The van der Waals surface area contributed by atoms with Crippen LogP contribution >= 0.6 is 11.6 Å². The summed E-state index contributed by atoms with van der Waals surface area (Å²) in [6, 6.07) is 2.87. The fraction of sp³-hybridized carbons (Fsp3) is 0.375. The predicted octanol–water partition coefficient (Wildman–Crippen LogP) is 1.62. The molecule has 132 valence electrons. The number of urea groups is 1. The van der Waals surface area contributed by atoms with E-state index in [1.807, 2.05) is 4.90 Å². The van der Waals surface area contributed by atoms with E-state index in [0.717, 1.165) is 19.4 Å². The second-order valence-corrected chi connectivity index (χ2v) is 6.35. The number of halogens is 1. The molecule has 2 amide bonds. The van der Waals surface area contributed by atoms with Crippen LogP contribution in [0.4, 0.5) is 16.4 Å². The summed E-state index contributed by atoms with van der Waals surface area (Å²) in [5, 5.41) is 6.09. The second kappa shape index (κ2) is 7.52. The molecule has 0 aliphatic carbocycles. The summed E-state index contributed by atoms with van der Waals surface area (Å²) in [6.45, 7) is 1.28. The van der Waals surface area contributed by atoms with Gasteiger partial charge in [-0.25, -0.2) is 14.8 Å². The van der Waals surface area contributed by atoms with Crippen LogP contribution in [0.3, 0.4) is 0 Å². The van der Waals surface area contributed by atoms with Gasteiger partial charge >= 0.3 is 6.03 Å². The van der Waals surface area contributed by atoms with Gasteiger partial charge in [-0.05, 0) is 25.0 Å². The van der Waals surface area contributed by atoms with Crippen molar-refractivity contribution in [3.63, 3.8) is 0 Å². The van der Waals surface area contributed by atoms with Crippen molar-refractivity contribution < 1.29 is 4.79 Å². The minimum absolute atomic E-state index is 0.0761. The Balaban J connectivity index is 1.61. The van der Waals surface area contributed by atoms with Crippen LogP contribution in [0.15, 0.2) is 35.5 Å². The molecule has 1 aliphatic heterocycles. The highest BCUT2D eigenvalue weighted by Gasteiger charge is 2.24. The predicted molar refractivity (Wildman–Crippen MR) is 96.1 cm³/mol.